The Labute approximate surface area is 131 Å². The van der Waals surface area contributed by atoms with Crippen molar-refractivity contribution in [3.05, 3.63) is 35.4 Å². The lowest BCUT2D eigenvalue weighted by molar-refractivity contribution is -0.125. The Morgan fingerprint density at radius 3 is 2.41 bits per heavy atom. The fourth-order valence-electron chi connectivity index (χ4n) is 2.90. The molecule has 120 valence electrons. The molecule has 1 aliphatic heterocycles. The van der Waals surface area contributed by atoms with Crippen molar-refractivity contribution in [2.24, 2.45) is 11.8 Å². The molecule has 0 aromatic heterocycles. The molecule has 0 bridgehead atoms. The number of nitrogens with zero attached hydrogens (tertiary/aromatic N) is 1. The Kier molecular flexibility index (Phi) is 5.19. The third kappa shape index (κ3) is 3.30. The molecule has 5 heteroatoms. The quantitative estimate of drug-likeness (QED) is 0.879. The van der Waals surface area contributed by atoms with Gasteiger partial charge in [0.25, 0.3) is 5.91 Å². The van der Waals surface area contributed by atoms with Crippen LogP contribution in [0.2, 0.25) is 0 Å². The maximum atomic E-state index is 12.6. The van der Waals surface area contributed by atoms with Gasteiger partial charge in [-0.3, -0.25) is 9.59 Å². The average Bonchev–Trinajstić information content (AvgIpc) is 2.97. The van der Waals surface area contributed by atoms with Crippen LogP contribution in [0.1, 0.15) is 35.7 Å². The van der Waals surface area contributed by atoms with Crippen molar-refractivity contribution < 1.29 is 14.7 Å². The molecular weight excluding hydrogens is 280 g/mol. The van der Waals surface area contributed by atoms with Gasteiger partial charge in [-0.05, 0) is 23.6 Å². The number of rotatable bonds is 4. The predicted molar refractivity (Wildman–Crippen MR) is 84.6 cm³/mol. The lowest BCUT2D eigenvalue weighted by atomic mass is 9.96. The van der Waals surface area contributed by atoms with Gasteiger partial charge in [0.2, 0.25) is 5.91 Å². The van der Waals surface area contributed by atoms with E-state index < -0.39 is 0 Å². The van der Waals surface area contributed by atoms with E-state index in [1.54, 1.807) is 11.9 Å². The number of hydrogen-bond donors (Lipinski definition) is 2. The lowest BCUT2D eigenvalue weighted by Crippen LogP contribution is -2.34. The molecule has 2 atom stereocenters. The SMILES string of the molecule is CNC(=O)[C@@H]1CN(C(=O)c2ccc(C(C)C)cc2)C[C@H]1CO. The number of nitrogens with one attached hydrogen (secondary N) is 1. The molecule has 0 unspecified atom stereocenters. The van der Waals surface area contributed by atoms with Crippen LogP contribution in [0.25, 0.3) is 0 Å². The van der Waals surface area contributed by atoms with Crippen LogP contribution in [0.5, 0.6) is 0 Å². The number of carbonyl (C=O) groups excluding carboxylic acids is 2. The van der Waals surface area contributed by atoms with Gasteiger partial charge >= 0.3 is 0 Å². The van der Waals surface area contributed by atoms with Crippen molar-refractivity contribution in [3.63, 3.8) is 0 Å². The van der Waals surface area contributed by atoms with Gasteiger partial charge in [0, 0.05) is 38.2 Å². The molecule has 22 heavy (non-hydrogen) atoms. The van der Waals surface area contributed by atoms with Gasteiger partial charge in [-0.1, -0.05) is 26.0 Å². The second kappa shape index (κ2) is 6.92. The zero-order valence-electron chi connectivity index (χ0n) is 13.4. The second-order valence-electron chi connectivity index (χ2n) is 6.15. The van der Waals surface area contributed by atoms with E-state index in [0.29, 0.717) is 24.6 Å². The zero-order valence-corrected chi connectivity index (χ0v) is 13.4. The van der Waals surface area contributed by atoms with Crippen molar-refractivity contribution in [1.29, 1.82) is 0 Å². The lowest BCUT2D eigenvalue weighted by Gasteiger charge is -2.16. The van der Waals surface area contributed by atoms with Crippen molar-refractivity contribution in [3.8, 4) is 0 Å². The molecule has 5 nitrogen and oxygen atoms in total. The largest absolute Gasteiger partial charge is 0.396 e. The maximum Gasteiger partial charge on any atom is 0.253 e. The van der Waals surface area contributed by atoms with Crippen molar-refractivity contribution in [1.82, 2.24) is 10.2 Å². The van der Waals surface area contributed by atoms with Crippen LogP contribution in [-0.4, -0.2) is 48.6 Å². The Bertz CT molecular complexity index is 539. The first-order chi connectivity index (χ1) is 10.5. The van der Waals surface area contributed by atoms with Gasteiger partial charge in [0.1, 0.15) is 0 Å². The molecule has 1 aromatic rings. The van der Waals surface area contributed by atoms with Gasteiger partial charge in [-0.2, -0.15) is 0 Å². The summed E-state index contributed by atoms with van der Waals surface area (Å²) in [4.78, 5) is 26.1. The number of carbonyl (C=O) groups is 2. The standard InChI is InChI=1S/C17H24N2O3/c1-11(2)12-4-6-13(7-5-12)17(22)19-8-14(10-20)15(9-19)16(21)18-3/h4-7,11,14-15,20H,8-10H2,1-3H3,(H,18,21)/t14-,15+/m0/s1. The smallest absolute Gasteiger partial charge is 0.253 e. The summed E-state index contributed by atoms with van der Waals surface area (Å²) in [5.74, 6) is -0.315. The molecule has 2 amide bonds. The normalized spacial score (nSPS) is 21.2. The van der Waals surface area contributed by atoms with Crippen LogP contribution in [-0.2, 0) is 4.79 Å². The van der Waals surface area contributed by atoms with Gasteiger partial charge in [0.15, 0.2) is 0 Å². The molecule has 1 heterocycles. The summed E-state index contributed by atoms with van der Waals surface area (Å²) in [5, 5.41) is 12.0. The topological polar surface area (TPSA) is 69.6 Å². The Balaban J connectivity index is 2.11. The van der Waals surface area contributed by atoms with Crippen LogP contribution in [0.4, 0.5) is 0 Å². The number of likely N-dealkylation sites (tertiary alicyclic amines) is 1. The molecule has 2 rings (SSSR count). The molecule has 1 fully saturated rings. The summed E-state index contributed by atoms with van der Waals surface area (Å²) in [6, 6.07) is 7.60. The van der Waals surface area contributed by atoms with Crippen LogP contribution in [0.3, 0.4) is 0 Å². The van der Waals surface area contributed by atoms with E-state index in [9.17, 15) is 14.7 Å². The van der Waals surface area contributed by atoms with Gasteiger partial charge in [-0.25, -0.2) is 0 Å². The molecule has 0 radical (unpaired) electrons. The fourth-order valence-corrected chi connectivity index (χ4v) is 2.90. The highest BCUT2D eigenvalue weighted by molar-refractivity contribution is 5.95. The number of amides is 2. The summed E-state index contributed by atoms with van der Waals surface area (Å²) < 4.78 is 0. The minimum absolute atomic E-state index is 0.0832. The molecule has 0 aliphatic carbocycles. The number of hydrogen-bond acceptors (Lipinski definition) is 3. The molecule has 1 aromatic carbocycles. The highest BCUT2D eigenvalue weighted by atomic mass is 16.3. The third-order valence-corrected chi connectivity index (χ3v) is 4.37. The first kappa shape index (κ1) is 16.5. The van der Waals surface area contributed by atoms with Crippen LogP contribution < -0.4 is 5.32 Å². The van der Waals surface area contributed by atoms with Crippen molar-refractivity contribution in [2.45, 2.75) is 19.8 Å². The average molecular weight is 304 g/mol. The Morgan fingerprint density at radius 2 is 1.91 bits per heavy atom. The third-order valence-electron chi connectivity index (χ3n) is 4.37. The van der Waals surface area contributed by atoms with Crippen molar-refractivity contribution >= 4 is 11.8 Å². The second-order valence-corrected chi connectivity index (χ2v) is 6.15. The molecule has 2 N–H and O–H groups in total. The summed E-state index contributed by atoms with van der Waals surface area (Å²) >= 11 is 0. The number of benzene rings is 1. The zero-order chi connectivity index (χ0) is 16.3. The van der Waals surface area contributed by atoms with Gasteiger partial charge in [0.05, 0.1) is 5.92 Å². The molecule has 1 saturated heterocycles. The molecule has 0 saturated carbocycles. The number of aliphatic hydroxyl groups excluding tert-OH is 1. The van der Waals surface area contributed by atoms with Crippen LogP contribution in [0.15, 0.2) is 24.3 Å². The van der Waals surface area contributed by atoms with E-state index in [0.717, 1.165) is 0 Å². The van der Waals surface area contributed by atoms with E-state index in [2.05, 4.69) is 19.2 Å². The van der Waals surface area contributed by atoms with E-state index >= 15 is 0 Å². The maximum absolute atomic E-state index is 12.6. The highest BCUT2D eigenvalue weighted by Crippen LogP contribution is 2.25. The minimum Gasteiger partial charge on any atom is -0.396 e. The monoisotopic (exact) mass is 304 g/mol. The summed E-state index contributed by atoms with van der Waals surface area (Å²) in [7, 11) is 1.58. The first-order valence-corrected chi connectivity index (χ1v) is 7.69. The summed E-state index contributed by atoms with van der Waals surface area (Å²) in [6.07, 6.45) is 0. The summed E-state index contributed by atoms with van der Waals surface area (Å²) in [5.41, 5.74) is 1.81. The molecule has 0 spiro atoms. The minimum atomic E-state index is -0.339. The number of aliphatic hydroxyl groups is 1. The van der Waals surface area contributed by atoms with E-state index in [1.807, 2.05) is 24.3 Å². The van der Waals surface area contributed by atoms with Crippen LogP contribution >= 0.6 is 0 Å². The van der Waals surface area contributed by atoms with Gasteiger partial charge in [-0.15, -0.1) is 0 Å². The molecule has 1 aliphatic rings. The van der Waals surface area contributed by atoms with E-state index in [4.69, 9.17) is 0 Å². The van der Waals surface area contributed by atoms with E-state index in [-0.39, 0.29) is 30.3 Å². The fraction of sp³-hybridized carbons (Fsp3) is 0.529. The predicted octanol–water partition coefficient (Wildman–Crippen LogP) is 1.24. The highest BCUT2D eigenvalue weighted by Gasteiger charge is 2.38. The Hall–Kier alpha value is -1.88. The Morgan fingerprint density at radius 1 is 1.27 bits per heavy atom. The summed E-state index contributed by atoms with van der Waals surface area (Å²) in [6.45, 7) is 4.90. The van der Waals surface area contributed by atoms with Crippen molar-refractivity contribution in [2.75, 3.05) is 26.7 Å². The first-order valence-electron chi connectivity index (χ1n) is 7.69. The van der Waals surface area contributed by atoms with E-state index in [1.165, 1.54) is 5.56 Å². The van der Waals surface area contributed by atoms with Gasteiger partial charge < -0.3 is 15.3 Å². The molecular formula is C17H24N2O3. The van der Waals surface area contributed by atoms with Crippen LogP contribution in [0, 0.1) is 11.8 Å².